The summed E-state index contributed by atoms with van der Waals surface area (Å²) in [6, 6.07) is 14.1. The van der Waals surface area contributed by atoms with E-state index in [1.807, 2.05) is 31.2 Å². The van der Waals surface area contributed by atoms with Crippen LogP contribution in [0.2, 0.25) is 5.02 Å². The number of nitrogens with one attached hydrogen (secondary N) is 2. The second-order valence-corrected chi connectivity index (χ2v) is 6.99. The highest BCUT2D eigenvalue weighted by Gasteiger charge is 2.14. The maximum atomic E-state index is 12.3. The molecule has 0 aliphatic heterocycles. The minimum atomic E-state index is -0.184. The number of carbonyl (C=O) groups excluding carboxylic acids is 1. The molecule has 0 bridgehead atoms. The summed E-state index contributed by atoms with van der Waals surface area (Å²) in [6.07, 6.45) is 2.97. The van der Waals surface area contributed by atoms with Gasteiger partial charge in [0.1, 0.15) is 6.04 Å². The number of carbonyl (C=O) groups is 1. The summed E-state index contributed by atoms with van der Waals surface area (Å²) < 4.78 is 5.34. The van der Waals surface area contributed by atoms with Gasteiger partial charge in [0.15, 0.2) is 5.82 Å². The molecule has 0 saturated carbocycles. The van der Waals surface area contributed by atoms with Gasteiger partial charge in [-0.3, -0.25) is 4.79 Å². The number of aryl methyl sites for hydroxylation is 1. The monoisotopic (exact) mass is 398 g/mol. The van der Waals surface area contributed by atoms with Gasteiger partial charge in [-0.05, 0) is 61.9 Å². The van der Waals surface area contributed by atoms with Crippen molar-refractivity contribution in [3.63, 3.8) is 0 Å². The largest absolute Gasteiger partial charge is 0.374 e. The van der Waals surface area contributed by atoms with Gasteiger partial charge in [-0.15, -0.1) is 0 Å². The molecule has 0 saturated heterocycles. The van der Waals surface area contributed by atoms with Crippen LogP contribution in [0.4, 0.5) is 11.4 Å². The predicted octanol–water partition coefficient (Wildman–Crippen LogP) is 5.49. The molecule has 7 heteroatoms. The number of benzene rings is 2. The summed E-state index contributed by atoms with van der Waals surface area (Å²) in [6.45, 7) is 4.10. The number of amides is 1. The van der Waals surface area contributed by atoms with E-state index in [1.165, 1.54) is 0 Å². The third-order valence-corrected chi connectivity index (χ3v) is 4.49. The minimum absolute atomic E-state index is 0.114. The van der Waals surface area contributed by atoms with Gasteiger partial charge >= 0.3 is 0 Å². The Morgan fingerprint density at radius 3 is 2.46 bits per heavy atom. The average Bonchev–Trinajstić information content (AvgIpc) is 3.17. The Kier molecular flexibility index (Phi) is 6.66. The van der Waals surface area contributed by atoms with Crippen molar-refractivity contribution in [3.8, 4) is 0 Å². The lowest BCUT2D eigenvalue weighted by molar-refractivity contribution is 0.102. The molecule has 3 aromatic rings. The molecule has 0 aliphatic carbocycles. The van der Waals surface area contributed by atoms with Crippen molar-refractivity contribution in [2.75, 3.05) is 10.6 Å². The quantitative estimate of drug-likeness (QED) is 0.524. The van der Waals surface area contributed by atoms with E-state index in [2.05, 4.69) is 27.7 Å². The fourth-order valence-electron chi connectivity index (χ4n) is 2.65. The van der Waals surface area contributed by atoms with E-state index in [4.69, 9.17) is 16.1 Å². The first-order chi connectivity index (χ1) is 13.5. The van der Waals surface area contributed by atoms with Crippen molar-refractivity contribution in [3.05, 3.63) is 70.8 Å². The molecule has 0 spiro atoms. The third kappa shape index (κ3) is 5.33. The van der Waals surface area contributed by atoms with Crippen LogP contribution in [0.1, 0.15) is 54.8 Å². The molecule has 146 valence electrons. The number of hydrogen-bond acceptors (Lipinski definition) is 5. The predicted molar refractivity (Wildman–Crippen MR) is 111 cm³/mol. The molecule has 2 aromatic carbocycles. The molecular formula is C21H23ClN4O2. The Morgan fingerprint density at radius 2 is 1.79 bits per heavy atom. The van der Waals surface area contributed by atoms with Crippen LogP contribution in [0.3, 0.4) is 0 Å². The van der Waals surface area contributed by atoms with Crippen LogP contribution in [0.5, 0.6) is 0 Å². The summed E-state index contributed by atoms with van der Waals surface area (Å²) in [4.78, 5) is 16.7. The highest BCUT2D eigenvalue weighted by molar-refractivity contribution is 6.30. The first kappa shape index (κ1) is 19.9. The lowest BCUT2D eigenvalue weighted by Gasteiger charge is -2.12. The normalized spacial score (nSPS) is 11.8. The zero-order valence-corrected chi connectivity index (χ0v) is 16.7. The number of halogens is 1. The van der Waals surface area contributed by atoms with Crippen LogP contribution in [0.15, 0.2) is 53.1 Å². The number of hydrogen-bond donors (Lipinski definition) is 2. The third-order valence-electron chi connectivity index (χ3n) is 4.24. The van der Waals surface area contributed by atoms with Crippen LogP contribution < -0.4 is 10.6 Å². The number of anilines is 2. The van der Waals surface area contributed by atoms with Gasteiger partial charge in [0, 0.05) is 28.4 Å². The first-order valence-corrected chi connectivity index (χ1v) is 9.69. The van der Waals surface area contributed by atoms with Crippen LogP contribution in [0, 0.1) is 0 Å². The van der Waals surface area contributed by atoms with Crippen molar-refractivity contribution < 1.29 is 9.32 Å². The van der Waals surface area contributed by atoms with Gasteiger partial charge in [0.25, 0.3) is 5.91 Å². The number of unbranched alkanes of at least 4 members (excludes halogenated alkanes) is 1. The summed E-state index contributed by atoms with van der Waals surface area (Å²) in [5.41, 5.74) is 2.15. The standard InChI is InChI=1S/C21H23ClN4O2/c1-3-4-5-19-25-21(28-26-19)14(2)23-17-10-12-18(13-11-17)24-20(27)15-6-8-16(22)9-7-15/h6-14,23H,3-5H2,1-2H3,(H,24,27). The topological polar surface area (TPSA) is 80.0 Å². The molecule has 0 aliphatic rings. The van der Waals surface area contributed by atoms with E-state index in [-0.39, 0.29) is 11.9 Å². The fraction of sp³-hybridized carbons (Fsp3) is 0.286. The zero-order valence-electron chi connectivity index (χ0n) is 15.9. The zero-order chi connectivity index (χ0) is 19.9. The van der Waals surface area contributed by atoms with Gasteiger partial charge in [0.2, 0.25) is 5.89 Å². The lowest BCUT2D eigenvalue weighted by Crippen LogP contribution is -2.12. The fourth-order valence-corrected chi connectivity index (χ4v) is 2.77. The maximum absolute atomic E-state index is 12.3. The molecule has 0 radical (unpaired) electrons. The van der Waals surface area contributed by atoms with Gasteiger partial charge in [-0.2, -0.15) is 4.98 Å². The number of rotatable bonds is 8. The Bertz CT molecular complexity index is 907. The van der Waals surface area contributed by atoms with Crippen molar-refractivity contribution in [2.45, 2.75) is 39.2 Å². The molecule has 1 aromatic heterocycles. The van der Waals surface area contributed by atoms with Crippen molar-refractivity contribution in [1.29, 1.82) is 0 Å². The van der Waals surface area contributed by atoms with Crippen molar-refractivity contribution >= 4 is 28.9 Å². The molecule has 1 unspecified atom stereocenters. The van der Waals surface area contributed by atoms with E-state index >= 15 is 0 Å². The van der Waals surface area contributed by atoms with Crippen LogP contribution in [-0.4, -0.2) is 16.0 Å². The molecule has 1 amide bonds. The highest BCUT2D eigenvalue weighted by atomic mass is 35.5. The van der Waals surface area contributed by atoms with Crippen LogP contribution >= 0.6 is 11.6 Å². The van der Waals surface area contributed by atoms with Gasteiger partial charge in [0.05, 0.1) is 0 Å². The van der Waals surface area contributed by atoms with E-state index in [0.29, 0.717) is 22.2 Å². The summed E-state index contributed by atoms with van der Waals surface area (Å²) in [5, 5.41) is 10.8. The molecule has 1 atom stereocenters. The summed E-state index contributed by atoms with van der Waals surface area (Å²) in [5.74, 6) is 1.12. The molecular weight excluding hydrogens is 376 g/mol. The minimum Gasteiger partial charge on any atom is -0.374 e. The van der Waals surface area contributed by atoms with Crippen molar-refractivity contribution in [1.82, 2.24) is 10.1 Å². The molecule has 1 heterocycles. The van der Waals surface area contributed by atoms with E-state index in [0.717, 1.165) is 30.8 Å². The Morgan fingerprint density at radius 1 is 1.11 bits per heavy atom. The van der Waals surface area contributed by atoms with E-state index < -0.39 is 0 Å². The second-order valence-electron chi connectivity index (χ2n) is 6.56. The molecule has 3 rings (SSSR count). The first-order valence-electron chi connectivity index (χ1n) is 9.31. The van der Waals surface area contributed by atoms with E-state index in [1.54, 1.807) is 24.3 Å². The smallest absolute Gasteiger partial charge is 0.255 e. The maximum Gasteiger partial charge on any atom is 0.255 e. The van der Waals surface area contributed by atoms with Gasteiger partial charge < -0.3 is 15.2 Å². The number of aromatic nitrogens is 2. The molecule has 6 nitrogen and oxygen atoms in total. The van der Waals surface area contributed by atoms with Crippen molar-refractivity contribution in [2.24, 2.45) is 0 Å². The van der Waals surface area contributed by atoms with Crippen LogP contribution in [-0.2, 0) is 6.42 Å². The Hall–Kier alpha value is -2.86. The second kappa shape index (κ2) is 9.37. The van der Waals surface area contributed by atoms with Gasteiger partial charge in [-0.25, -0.2) is 0 Å². The van der Waals surface area contributed by atoms with E-state index in [9.17, 15) is 4.79 Å². The Labute approximate surface area is 169 Å². The Balaban J connectivity index is 1.57. The summed E-state index contributed by atoms with van der Waals surface area (Å²) in [7, 11) is 0. The summed E-state index contributed by atoms with van der Waals surface area (Å²) >= 11 is 5.85. The highest BCUT2D eigenvalue weighted by Crippen LogP contribution is 2.21. The molecule has 0 fully saturated rings. The van der Waals surface area contributed by atoms with Crippen LogP contribution in [0.25, 0.3) is 0 Å². The van der Waals surface area contributed by atoms with Gasteiger partial charge in [-0.1, -0.05) is 30.1 Å². The average molecular weight is 399 g/mol. The molecule has 28 heavy (non-hydrogen) atoms. The number of nitrogens with zero attached hydrogens (tertiary/aromatic N) is 2. The molecule has 2 N–H and O–H groups in total. The SMILES string of the molecule is CCCCc1noc(C(C)Nc2ccc(NC(=O)c3ccc(Cl)cc3)cc2)n1. The lowest BCUT2D eigenvalue weighted by atomic mass is 10.2.